The standard InChI is InChI=1S/C11H11BrFN3/c1-2-9-10(15-16-11(9)14)6-3-7(12)5-8(13)4-6/h3-5H,2H2,1H3,(H3,14,15,16). The number of halogens is 2. The van der Waals surface area contributed by atoms with Crippen LogP contribution in [0.3, 0.4) is 0 Å². The Kier molecular flexibility index (Phi) is 2.96. The van der Waals surface area contributed by atoms with Crippen molar-refractivity contribution in [3.63, 3.8) is 0 Å². The monoisotopic (exact) mass is 283 g/mol. The smallest absolute Gasteiger partial charge is 0.149 e. The van der Waals surface area contributed by atoms with Crippen molar-refractivity contribution in [2.45, 2.75) is 13.3 Å². The van der Waals surface area contributed by atoms with Crippen LogP contribution in [0.5, 0.6) is 0 Å². The Morgan fingerprint density at radius 2 is 2.19 bits per heavy atom. The zero-order valence-corrected chi connectivity index (χ0v) is 10.3. The summed E-state index contributed by atoms with van der Waals surface area (Å²) >= 11 is 3.26. The molecule has 0 atom stereocenters. The first kappa shape index (κ1) is 11.1. The summed E-state index contributed by atoms with van der Waals surface area (Å²) in [7, 11) is 0. The first-order chi connectivity index (χ1) is 7.61. The van der Waals surface area contributed by atoms with Gasteiger partial charge in [-0.2, -0.15) is 5.10 Å². The molecule has 3 nitrogen and oxygen atoms in total. The van der Waals surface area contributed by atoms with Crippen molar-refractivity contribution in [3.8, 4) is 11.3 Å². The Hall–Kier alpha value is -1.36. The normalized spacial score (nSPS) is 10.7. The minimum Gasteiger partial charge on any atom is -0.382 e. The zero-order chi connectivity index (χ0) is 11.7. The van der Waals surface area contributed by atoms with E-state index in [9.17, 15) is 4.39 Å². The molecule has 0 saturated carbocycles. The molecule has 2 rings (SSSR count). The van der Waals surface area contributed by atoms with E-state index in [1.165, 1.54) is 12.1 Å². The van der Waals surface area contributed by atoms with E-state index in [1.54, 1.807) is 0 Å². The van der Waals surface area contributed by atoms with Gasteiger partial charge in [0.15, 0.2) is 0 Å². The third-order valence-corrected chi connectivity index (χ3v) is 2.86. The number of H-pyrrole nitrogens is 1. The molecule has 0 aliphatic rings. The average Bonchev–Trinajstić information content (AvgIpc) is 2.58. The van der Waals surface area contributed by atoms with Gasteiger partial charge < -0.3 is 5.73 Å². The number of benzene rings is 1. The van der Waals surface area contributed by atoms with Gasteiger partial charge in [0.25, 0.3) is 0 Å². The molecule has 16 heavy (non-hydrogen) atoms. The number of rotatable bonds is 2. The van der Waals surface area contributed by atoms with E-state index in [2.05, 4.69) is 26.1 Å². The Morgan fingerprint density at radius 3 is 2.81 bits per heavy atom. The number of anilines is 1. The predicted octanol–water partition coefficient (Wildman–Crippen LogP) is 3.12. The van der Waals surface area contributed by atoms with Crippen LogP contribution in [0.1, 0.15) is 12.5 Å². The van der Waals surface area contributed by atoms with Gasteiger partial charge in [-0.15, -0.1) is 0 Å². The topological polar surface area (TPSA) is 54.7 Å². The minimum absolute atomic E-state index is 0.292. The first-order valence-electron chi connectivity index (χ1n) is 4.91. The third-order valence-electron chi connectivity index (χ3n) is 2.40. The molecule has 0 amide bonds. The van der Waals surface area contributed by atoms with Crippen molar-refractivity contribution >= 4 is 21.7 Å². The number of hydrogen-bond acceptors (Lipinski definition) is 2. The van der Waals surface area contributed by atoms with Crippen molar-refractivity contribution in [1.29, 1.82) is 0 Å². The molecule has 0 saturated heterocycles. The van der Waals surface area contributed by atoms with Crippen molar-refractivity contribution in [3.05, 3.63) is 34.1 Å². The van der Waals surface area contributed by atoms with Crippen molar-refractivity contribution in [2.75, 3.05) is 5.73 Å². The highest BCUT2D eigenvalue weighted by atomic mass is 79.9. The summed E-state index contributed by atoms with van der Waals surface area (Å²) in [5.41, 5.74) is 8.15. The second kappa shape index (κ2) is 4.25. The van der Waals surface area contributed by atoms with Crippen LogP contribution in [0, 0.1) is 5.82 Å². The number of aromatic amines is 1. The zero-order valence-electron chi connectivity index (χ0n) is 8.72. The van der Waals surface area contributed by atoms with Crippen LogP contribution in [0.2, 0.25) is 0 Å². The van der Waals surface area contributed by atoms with Gasteiger partial charge in [-0.1, -0.05) is 22.9 Å². The van der Waals surface area contributed by atoms with E-state index in [0.29, 0.717) is 10.3 Å². The molecule has 0 fully saturated rings. The summed E-state index contributed by atoms with van der Waals surface area (Å²) in [6.45, 7) is 1.99. The third kappa shape index (κ3) is 1.95. The molecule has 0 spiro atoms. The van der Waals surface area contributed by atoms with Crippen LogP contribution < -0.4 is 5.73 Å². The molecule has 1 aromatic carbocycles. The summed E-state index contributed by atoms with van der Waals surface area (Å²) in [5, 5.41) is 6.77. The van der Waals surface area contributed by atoms with Gasteiger partial charge in [0.1, 0.15) is 11.6 Å². The lowest BCUT2D eigenvalue weighted by atomic mass is 10.1. The fraction of sp³-hybridized carbons (Fsp3) is 0.182. The fourth-order valence-corrected chi connectivity index (χ4v) is 2.14. The Labute approximate surface area is 101 Å². The maximum atomic E-state index is 13.3. The van der Waals surface area contributed by atoms with Crippen molar-refractivity contribution in [1.82, 2.24) is 10.2 Å². The number of aromatic nitrogens is 2. The summed E-state index contributed by atoms with van der Waals surface area (Å²) in [5.74, 6) is 0.178. The minimum atomic E-state index is -0.292. The average molecular weight is 284 g/mol. The van der Waals surface area contributed by atoms with E-state index in [1.807, 2.05) is 13.0 Å². The maximum absolute atomic E-state index is 13.3. The van der Waals surface area contributed by atoms with Crippen LogP contribution in [-0.4, -0.2) is 10.2 Å². The second-order valence-electron chi connectivity index (χ2n) is 3.47. The Balaban J connectivity index is 2.58. The van der Waals surface area contributed by atoms with E-state index in [4.69, 9.17) is 5.73 Å². The fourth-order valence-electron chi connectivity index (χ4n) is 1.67. The molecule has 1 aromatic heterocycles. The molecular formula is C11H11BrFN3. The lowest BCUT2D eigenvalue weighted by Crippen LogP contribution is -1.91. The molecule has 5 heteroatoms. The molecule has 2 aromatic rings. The maximum Gasteiger partial charge on any atom is 0.149 e. The van der Waals surface area contributed by atoms with Gasteiger partial charge in [0, 0.05) is 15.6 Å². The van der Waals surface area contributed by atoms with Crippen LogP contribution in [0.15, 0.2) is 22.7 Å². The second-order valence-corrected chi connectivity index (χ2v) is 4.39. The van der Waals surface area contributed by atoms with Gasteiger partial charge in [0.05, 0.1) is 5.69 Å². The summed E-state index contributed by atoms with van der Waals surface area (Å²) < 4.78 is 14.0. The van der Waals surface area contributed by atoms with Gasteiger partial charge in [-0.3, -0.25) is 5.10 Å². The summed E-state index contributed by atoms with van der Waals surface area (Å²) in [6.07, 6.45) is 0.756. The van der Waals surface area contributed by atoms with Gasteiger partial charge in [-0.05, 0) is 24.6 Å². The molecule has 0 unspecified atom stereocenters. The number of nitrogens with two attached hydrogens (primary N) is 1. The van der Waals surface area contributed by atoms with Gasteiger partial charge >= 0.3 is 0 Å². The number of nitrogens with one attached hydrogen (secondary N) is 1. The quantitative estimate of drug-likeness (QED) is 0.890. The molecule has 0 aliphatic heterocycles. The number of hydrogen-bond donors (Lipinski definition) is 2. The number of nitrogens with zero attached hydrogens (tertiary/aromatic N) is 1. The summed E-state index contributed by atoms with van der Waals surface area (Å²) in [4.78, 5) is 0. The highest BCUT2D eigenvalue weighted by Crippen LogP contribution is 2.28. The number of nitrogen functional groups attached to an aromatic ring is 1. The van der Waals surface area contributed by atoms with Crippen molar-refractivity contribution < 1.29 is 4.39 Å². The van der Waals surface area contributed by atoms with Gasteiger partial charge in [0.2, 0.25) is 0 Å². The lowest BCUT2D eigenvalue weighted by molar-refractivity contribution is 0.627. The van der Waals surface area contributed by atoms with Crippen LogP contribution in [-0.2, 0) is 6.42 Å². The first-order valence-corrected chi connectivity index (χ1v) is 5.70. The van der Waals surface area contributed by atoms with Crippen LogP contribution in [0.4, 0.5) is 10.2 Å². The Morgan fingerprint density at radius 1 is 1.44 bits per heavy atom. The van der Waals surface area contributed by atoms with Crippen LogP contribution in [0.25, 0.3) is 11.3 Å². The highest BCUT2D eigenvalue weighted by Gasteiger charge is 2.12. The molecule has 0 aliphatic carbocycles. The molecule has 1 heterocycles. The molecular weight excluding hydrogens is 273 g/mol. The van der Waals surface area contributed by atoms with E-state index in [-0.39, 0.29) is 5.82 Å². The predicted molar refractivity (Wildman–Crippen MR) is 65.5 cm³/mol. The summed E-state index contributed by atoms with van der Waals surface area (Å²) in [6, 6.07) is 4.70. The van der Waals surface area contributed by atoms with Crippen LogP contribution >= 0.6 is 15.9 Å². The molecule has 0 bridgehead atoms. The SMILES string of the molecule is CCc1c(N)n[nH]c1-c1cc(F)cc(Br)c1. The molecule has 84 valence electrons. The van der Waals surface area contributed by atoms with Gasteiger partial charge in [-0.25, -0.2) is 4.39 Å². The van der Waals surface area contributed by atoms with E-state index >= 15 is 0 Å². The largest absolute Gasteiger partial charge is 0.382 e. The highest BCUT2D eigenvalue weighted by molar-refractivity contribution is 9.10. The molecule has 0 radical (unpaired) electrons. The lowest BCUT2D eigenvalue weighted by Gasteiger charge is -2.03. The Bertz CT molecular complexity index is 502. The van der Waals surface area contributed by atoms with E-state index < -0.39 is 0 Å². The van der Waals surface area contributed by atoms with Crippen molar-refractivity contribution in [2.24, 2.45) is 0 Å². The molecule has 3 N–H and O–H groups in total. The van der Waals surface area contributed by atoms with E-state index in [0.717, 1.165) is 23.2 Å².